The van der Waals surface area contributed by atoms with Gasteiger partial charge in [0.2, 0.25) is 11.8 Å². The lowest BCUT2D eigenvalue weighted by molar-refractivity contribution is -0.124. The van der Waals surface area contributed by atoms with Gasteiger partial charge in [-0.05, 0) is 48.9 Å². The molecule has 1 saturated heterocycles. The summed E-state index contributed by atoms with van der Waals surface area (Å²) in [6.45, 7) is 5.36. The van der Waals surface area contributed by atoms with Crippen molar-refractivity contribution in [3.05, 3.63) is 59.2 Å². The van der Waals surface area contributed by atoms with Gasteiger partial charge in [0, 0.05) is 30.9 Å². The summed E-state index contributed by atoms with van der Waals surface area (Å²) in [5.41, 5.74) is 5.51. The Hall–Kier alpha value is -2.62. The predicted octanol–water partition coefficient (Wildman–Crippen LogP) is 3.89. The fraction of sp³-hybridized carbons (Fsp3) is 0.391. The van der Waals surface area contributed by atoms with Crippen LogP contribution in [0.5, 0.6) is 0 Å². The number of aryl methyl sites for hydroxylation is 3. The van der Waals surface area contributed by atoms with Crippen LogP contribution in [0.25, 0.3) is 0 Å². The summed E-state index contributed by atoms with van der Waals surface area (Å²) in [5.74, 6) is -0.125. The smallest absolute Gasteiger partial charge is 0.232 e. The highest BCUT2D eigenvalue weighted by Crippen LogP contribution is 2.34. The molecule has 2 aliphatic rings. The van der Waals surface area contributed by atoms with Gasteiger partial charge in [-0.1, -0.05) is 43.3 Å². The van der Waals surface area contributed by atoms with Crippen molar-refractivity contribution in [1.29, 1.82) is 0 Å². The molecule has 0 N–H and O–H groups in total. The number of fused-ring (bicyclic) bond motifs is 1. The number of hydrogen-bond acceptors (Lipinski definition) is 2. The van der Waals surface area contributed by atoms with Crippen molar-refractivity contribution in [1.82, 2.24) is 0 Å². The number of carbonyl (C=O) groups is 2. The minimum absolute atomic E-state index is 0.0580. The Bertz CT molecular complexity index is 890. The summed E-state index contributed by atoms with van der Waals surface area (Å²) >= 11 is 0. The van der Waals surface area contributed by atoms with Crippen LogP contribution in [0.4, 0.5) is 11.4 Å². The molecule has 27 heavy (non-hydrogen) atoms. The lowest BCUT2D eigenvalue weighted by atomic mass is 9.99. The Kier molecular flexibility index (Phi) is 4.73. The van der Waals surface area contributed by atoms with E-state index in [1.807, 2.05) is 47.1 Å². The quantitative estimate of drug-likeness (QED) is 0.831. The third-order valence-electron chi connectivity index (χ3n) is 5.82. The Labute approximate surface area is 160 Å². The molecule has 2 aromatic carbocycles. The van der Waals surface area contributed by atoms with Gasteiger partial charge in [-0.2, -0.15) is 0 Å². The van der Waals surface area contributed by atoms with Crippen LogP contribution in [0, 0.1) is 12.8 Å². The number of hydrogen-bond donors (Lipinski definition) is 0. The predicted molar refractivity (Wildman–Crippen MR) is 108 cm³/mol. The Morgan fingerprint density at radius 2 is 1.96 bits per heavy atom. The van der Waals surface area contributed by atoms with E-state index < -0.39 is 0 Å². The maximum atomic E-state index is 13.3. The fourth-order valence-corrected chi connectivity index (χ4v) is 4.46. The minimum atomic E-state index is -0.270. The van der Waals surface area contributed by atoms with Gasteiger partial charge >= 0.3 is 0 Å². The monoisotopic (exact) mass is 362 g/mol. The van der Waals surface area contributed by atoms with Crippen LogP contribution < -0.4 is 9.80 Å². The third kappa shape index (κ3) is 3.14. The first-order chi connectivity index (χ1) is 13.1. The number of carbonyl (C=O) groups excluding carboxylic acids is 2. The zero-order valence-electron chi connectivity index (χ0n) is 16.1. The largest absolute Gasteiger partial charge is 0.312 e. The molecule has 0 spiro atoms. The van der Waals surface area contributed by atoms with Gasteiger partial charge in [-0.3, -0.25) is 9.59 Å². The van der Waals surface area contributed by atoms with Gasteiger partial charge in [-0.25, -0.2) is 0 Å². The number of benzene rings is 2. The first kappa shape index (κ1) is 17.8. The summed E-state index contributed by atoms with van der Waals surface area (Å²) in [6.07, 6.45) is 3.16. The van der Waals surface area contributed by atoms with E-state index in [0.717, 1.165) is 42.7 Å². The molecule has 4 heteroatoms. The first-order valence-electron chi connectivity index (χ1n) is 9.88. The van der Waals surface area contributed by atoms with Crippen molar-refractivity contribution in [2.75, 3.05) is 22.9 Å². The highest BCUT2D eigenvalue weighted by Gasteiger charge is 2.39. The molecular formula is C23H26N2O2. The summed E-state index contributed by atoms with van der Waals surface area (Å²) in [6, 6.07) is 14.3. The highest BCUT2D eigenvalue weighted by molar-refractivity contribution is 6.05. The standard InChI is InChI=1S/C23H26N2O2/c1-3-17-10-6-8-16(2)22(17)25-15-19(14-21(25)26)23(27)24-13-7-11-18-9-4-5-12-20(18)24/h4-6,8-10,12,19H,3,7,11,13-15H2,1-2H3. The van der Waals surface area contributed by atoms with Gasteiger partial charge in [0.15, 0.2) is 0 Å². The lowest BCUT2D eigenvalue weighted by Gasteiger charge is -2.31. The van der Waals surface area contributed by atoms with Crippen LogP contribution in [-0.4, -0.2) is 24.9 Å². The molecule has 2 aliphatic heterocycles. The zero-order valence-corrected chi connectivity index (χ0v) is 16.1. The van der Waals surface area contributed by atoms with Crippen LogP contribution in [0.1, 0.15) is 36.5 Å². The molecule has 0 aliphatic carbocycles. The van der Waals surface area contributed by atoms with Crippen molar-refractivity contribution in [2.45, 2.75) is 39.5 Å². The summed E-state index contributed by atoms with van der Waals surface area (Å²) in [5, 5.41) is 0. The van der Waals surface area contributed by atoms with Crippen LogP contribution in [0.3, 0.4) is 0 Å². The zero-order chi connectivity index (χ0) is 19.0. The number of para-hydroxylation sites is 2. The van der Waals surface area contributed by atoms with E-state index in [0.29, 0.717) is 13.0 Å². The van der Waals surface area contributed by atoms with Crippen molar-refractivity contribution < 1.29 is 9.59 Å². The summed E-state index contributed by atoms with van der Waals surface area (Å²) in [4.78, 5) is 29.8. The molecule has 1 fully saturated rings. The molecule has 0 radical (unpaired) electrons. The van der Waals surface area contributed by atoms with E-state index in [4.69, 9.17) is 0 Å². The van der Waals surface area contributed by atoms with Crippen LogP contribution in [0.2, 0.25) is 0 Å². The molecule has 0 saturated carbocycles. The van der Waals surface area contributed by atoms with E-state index >= 15 is 0 Å². The second-order valence-electron chi connectivity index (χ2n) is 7.56. The van der Waals surface area contributed by atoms with Gasteiger partial charge in [0.1, 0.15) is 0 Å². The maximum Gasteiger partial charge on any atom is 0.232 e. The topological polar surface area (TPSA) is 40.6 Å². The lowest BCUT2D eigenvalue weighted by Crippen LogP contribution is -2.40. The molecule has 2 aromatic rings. The van der Waals surface area contributed by atoms with Crippen molar-refractivity contribution in [3.8, 4) is 0 Å². The van der Waals surface area contributed by atoms with E-state index in [2.05, 4.69) is 19.1 Å². The number of anilines is 2. The fourth-order valence-electron chi connectivity index (χ4n) is 4.46. The molecule has 4 rings (SSSR count). The number of rotatable bonds is 3. The van der Waals surface area contributed by atoms with E-state index in [9.17, 15) is 9.59 Å². The molecule has 0 bridgehead atoms. The summed E-state index contributed by atoms with van der Waals surface area (Å²) < 4.78 is 0. The van der Waals surface area contributed by atoms with Crippen LogP contribution in [0.15, 0.2) is 42.5 Å². The van der Waals surface area contributed by atoms with Crippen molar-refractivity contribution in [2.24, 2.45) is 5.92 Å². The molecule has 0 aromatic heterocycles. The van der Waals surface area contributed by atoms with E-state index in [1.165, 1.54) is 11.1 Å². The molecular weight excluding hydrogens is 336 g/mol. The second kappa shape index (κ2) is 7.18. The number of nitrogens with zero attached hydrogens (tertiary/aromatic N) is 2. The molecule has 1 unspecified atom stereocenters. The van der Waals surface area contributed by atoms with Crippen LogP contribution in [-0.2, 0) is 22.4 Å². The van der Waals surface area contributed by atoms with E-state index in [1.54, 1.807) is 0 Å². The van der Waals surface area contributed by atoms with Crippen LogP contribution >= 0.6 is 0 Å². The minimum Gasteiger partial charge on any atom is -0.312 e. The third-order valence-corrected chi connectivity index (χ3v) is 5.82. The van der Waals surface area contributed by atoms with Gasteiger partial charge in [-0.15, -0.1) is 0 Å². The first-order valence-corrected chi connectivity index (χ1v) is 9.88. The average Bonchev–Trinajstić information content (AvgIpc) is 3.08. The molecule has 4 nitrogen and oxygen atoms in total. The van der Waals surface area contributed by atoms with Crippen molar-refractivity contribution >= 4 is 23.2 Å². The number of amides is 2. The SMILES string of the molecule is CCc1cccc(C)c1N1CC(C(=O)N2CCCc3ccccc32)CC1=O. The van der Waals surface area contributed by atoms with Gasteiger partial charge < -0.3 is 9.80 Å². The molecule has 140 valence electrons. The normalized spacial score (nSPS) is 19.3. The molecule has 2 amide bonds. The Balaban J connectivity index is 1.60. The maximum absolute atomic E-state index is 13.3. The van der Waals surface area contributed by atoms with Crippen molar-refractivity contribution in [3.63, 3.8) is 0 Å². The average molecular weight is 362 g/mol. The van der Waals surface area contributed by atoms with Gasteiger partial charge in [0.05, 0.1) is 5.92 Å². The molecule has 1 atom stereocenters. The second-order valence-corrected chi connectivity index (χ2v) is 7.56. The highest BCUT2D eigenvalue weighted by atomic mass is 16.2. The molecule has 2 heterocycles. The van der Waals surface area contributed by atoms with E-state index in [-0.39, 0.29) is 17.7 Å². The summed E-state index contributed by atoms with van der Waals surface area (Å²) in [7, 11) is 0. The Morgan fingerprint density at radius 3 is 2.78 bits per heavy atom. The van der Waals surface area contributed by atoms with Gasteiger partial charge in [0.25, 0.3) is 0 Å². The Morgan fingerprint density at radius 1 is 1.15 bits per heavy atom.